The highest BCUT2D eigenvalue weighted by Crippen LogP contribution is 2.24. The lowest BCUT2D eigenvalue weighted by Crippen LogP contribution is -2.47. The molecule has 1 saturated heterocycles. The Morgan fingerprint density at radius 2 is 1.72 bits per heavy atom. The third kappa shape index (κ3) is 5.63. The van der Waals surface area contributed by atoms with Gasteiger partial charge >= 0.3 is 12.1 Å². The Kier molecular flexibility index (Phi) is 7.09. The van der Waals surface area contributed by atoms with Gasteiger partial charge in [-0.15, -0.1) is 0 Å². The van der Waals surface area contributed by atoms with E-state index in [-0.39, 0.29) is 6.54 Å². The monoisotopic (exact) mass is 438 g/mol. The third-order valence-corrected chi connectivity index (χ3v) is 5.27. The molecule has 1 heterocycles. The first-order valence-corrected chi connectivity index (χ1v) is 10.2. The molecule has 0 aliphatic carbocycles. The minimum absolute atomic E-state index is 0.243. The third-order valence-electron chi connectivity index (χ3n) is 5.27. The Labute approximate surface area is 186 Å². The maximum Gasteiger partial charge on any atom is 0.325 e. The molecular weight excluding hydrogens is 412 g/mol. The first kappa shape index (κ1) is 22.8. The van der Waals surface area contributed by atoms with Crippen LogP contribution in [-0.2, 0) is 22.6 Å². The molecule has 0 spiro atoms. The molecule has 9 heteroatoms. The molecular formula is C23H26N4O5. The Hall–Kier alpha value is -3.88. The molecule has 9 nitrogen and oxygen atoms in total. The second kappa shape index (κ2) is 9.95. The lowest BCUT2D eigenvalue weighted by molar-refractivity contribution is -0.134. The van der Waals surface area contributed by atoms with Gasteiger partial charge in [0, 0.05) is 6.54 Å². The molecule has 32 heavy (non-hydrogen) atoms. The average Bonchev–Trinajstić information content (AvgIpc) is 3.00. The van der Waals surface area contributed by atoms with Crippen LogP contribution in [0.2, 0.25) is 0 Å². The smallest absolute Gasteiger partial charge is 0.325 e. The fourth-order valence-electron chi connectivity index (χ4n) is 3.38. The lowest BCUT2D eigenvalue weighted by Gasteiger charge is -2.21. The van der Waals surface area contributed by atoms with Crippen molar-refractivity contribution < 1.29 is 23.9 Å². The highest BCUT2D eigenvalue weighted by atomic mass is 16.5. The van der Waals surface area contributed by atoms with Gasteiger partial charge in [0.25, 0.3) is 5.91 Å². The largest absolute Gasteiger partial charge is 0.497 e. The fourth-order valence-corrected chi connectivity index (χ4v) is 3.38. The van der Waals surface area contributed by atoms with Crippen LogP contribution in [0, 0.1) is 0 Å². The predicted octanol–water partition coefficient (Wildman–Crippen LogP) is 1.96. The van der Waals surface area contributed by atoms with Gasteiger partial charge in [0.2, 0.25) is 5.91 Å². The molecule has 0 radical (unpaired) electrons. The minimum atomic E-state index is -1.13. The summed E-state index contributed by atoms with van der Waals surface area (Å²) in [7, 11) is 1.58. The molecule has 2 aromatic carbocycles. The van der Waals surface area contributed by atoms with E-state index in [4.69, 9.17) is 4.74 Å². The summed E-state index contributed by atoms with van der Waals surface area (Å²) in [6, 6.07) is 15.3. The van der Waals surface area contributed by atoms with Crippen molar-refractivity contribution in [2.45, 2.75) is 31.8 Å². The van der Waals surface area contributed by atoms with E-state index in [0.717, 1.165) is 21.8 Å². The van der Waals surface area contributed by atoms with Gasteiger partial charge < -0.3 is 15.4 Å². The van der Waals surface area contributed by atoms with Gasteiger partial charge in [0.1, 0.15) is 17.8 Å². The number of rotatable bonds is 8. The molecule has 3 N–H and O–H groups in total. The van der Waals surface area contributed by atoms with Gasteiger partial charge in [-0.1, -0.05) is 42.5 Å². The Morgan fingerprint density at radius 3 is 2.38 bits per heavy atom. The van der Waals surface area contributed by atoms with Crippen LogP contribution in [0.4, 0.5) is 9.59 Å². The number of nitrogens with one attached hydrogen (secondary N) is 3. The highest BCUT2D eigenvalue weighted by molar-refractivity contribution is 6.09. The zero-order valence-corrected chi connectivity index (χ0v) is 18.0. The predicted molar refractivity (Wildman–Crippen MR) is 117 cm³/mol. The van der Waals surface area contributed by atoms with Crippen LogP contribution in [0.5, 0.6) is 5.75 Å². The number of hydrogen-bond acceptors (Lipinski definition) is 5. The van der Waals surface area contributed by atoms with Gasteiger partial charge in [0.05, 0.1) is 7.11 Å². The number of urea groups is 2. The molecule has 0 aromatic heterocycles. The van der Waals surface area contributed by atoms with Gasteiger partial charge in [-0.05, 0) is 43.0 Å². The number of benzene rings is 2. The lowest BCUT2D eigenvalue weighted by atomic mass is 9.93. The van der Waals surface area contributed by atoms with Gasteiger partial charge in [0.15, 0.2) is 0 Å². The van der Waals surface area contributed by atoms with Crippen molar-refractivity contribution in [3.05, 3.63) is 65.7 Å². The van der Waals surface area contributed by atoms with Crippen LogP contribution >= 0.6 is 0 Å². The molecule has 0 saturated carbocycles. The Balaban J connectivity index is 1.50. The van der Waals surface area contributed by atoms with E-state index in [2.05, 4.69) is 16.0 Å². The van der Waals surface area contributed by atoms with Gasteiger partial charge in [-0.25, -0.2) is 9.59 Å². The van der Waals surface area contributed by atoms with E-state index in [0.29, 0.717) is 12.8 Å². The molecule has 0 unspecified atom stereocenters. The van der Waals surface area contributed by atoms with Crippen molar-refractivity contribution in [3.63, 3.8) is 0 Å². The number of hydrogen-bond donors (Lipinski definition) is 3. The summed E-state index contributed by atoms with van der Waals surface area (Å²) in [5.41, 5.74) is 0.726. The molecule has 1 aliphatic heterocycles. The van der Waals surface area contributed by atoms with Crippen molar-refractivity contribution >= 4 is 23.9 Å². The number of nitrogens with zero attached hydrogens (tertiary/aromatic N) is 1. The van der Waals surface area contributed by atoms with Crippen LogP contribution in [0.3, 0.4) is 0 Å². The van der Waals surface area contributed by atoms with E-state index < -0.39 is 36.0 Å². The molecule has 2 aromatic rings. The Morgan fingerprint density at radius 1 is 1.03 bits per heavy atom. The van der Waals surface area contributed by atoms with Gasteiger partial charge in [-0.2, -0.15) is 0 Å². The summed E-state index contributed by atoms with van der Waals surface area (Å²) in [5.74, 6) is -0.524. The van der Waals surface area contributed by atoms with Crippen molar-refractivity contribution in [2.24, 2.45) is 0 Å². The number of carbonyl (C=O) groups is 4. The van der Waals surface area contributed by atoms with Crippen molar-refractivity contribution in [1.29, 1.82) is 0 Å². The number of amides is 6. The molecule has 1 fully saturated rings. The van der Waals surface area contributed by atoms with Crippen LogP contribution in [-0.4, -0.2) is 48.0 Å². The molecule has 6 amide bonds. The van der Waals surface area contributed by atoms with Crippen LogP contribution in [0.25, 0.3) is 0 Å². The van der Waals surface area contributed by atoms with E-state index >= 15 is 0 Å². The first-order valence-electron chi connectivity index (χ1n) is 10.2. The first-order chi connectivity index (χ1) is 15.3. The number of methoxy groups -OCH3 is 1. The standard InChI is InChI=1S/C23H26N4O5/c1-23(13-12-16-8-10-18(32-2)11-9-16)20(29)27(22(31)26-23)15-19(28)25-21(30)24-14-17-6-4-3-5-7-17/h3-11H,12-15H2,1-2H3,(H,26,31)(H2,24,25,28,30)/t23-/m1/s1. The normalized spacial score (nSPS) is 17.6. The summed E-state index contributed by atoms with van der Waals surface area (Å²) in [6.07, 6.45) is 0.911. The van der Waals surface area contributed by atoms with Crippen molar-refractivity contribution in [1.82, 2.24) is 20.9 Å². The van der Waals surface area contributed by atoms with E-state index in [1.165, 1.54) is 0 Å². The van der Waals surface area contributed by atoms with E-state index in [1.54, 1.807) is 14.0 Å². The summed E-state index contributed by atoms with van der Waals surface area (Å²) in [4.78, 5) is 50.1. The quantitative estimate of drug-likeness (QED) is 0.545. The van der Waals surface area contributed by atoms with Gasteiger partial charge in [-0.3, -0.25) is 19.8 Å². The van der Waals surface area contributed by atoms with E-state index in [1.807, 2.05) is 54.6 Å². The Bertz CT molecular complexity index is 993. The summed E-state index contributed by atoms with van der Waals surface area (Å²) < 4.78 is 5.13. The molecule has 1 aliphatic rings. The van der Waals surface area contributed by atoms with Crippen LogP contribution in [0.15, 0.2) is 54.6 Å². The molecule has 0 bridgehead atoms. The molecule has 3 rings (SSSR count). The number of imide groups is 2. The van der Waals surface area contributed by atoms with E-state index in [9.17, 15) is 19.2 Å². The SMILES string of the molecule is COc1ccc(CC[C@@]2(C)NC(=O)N(CC(=O)NC(=O)NCc3ccccc3)C2=O)cc1. The maximum atomic E-state index is 12.8. The molecule has 168 valence electrons. The fraction of sp³-hybridized carbons (Fsp3) is 0.304. The number of aryl methyl sites for hydroxylation is 1. The molecule has 1 atom stereocenters. The second-order valence-corrected chi connectivity index (χ2v) is 7.72. The number of ether oxygens (including phenoxy) is 1. The summed E-state index contributed by atoms with van der Waals surface area (Å²) in [5, 5.41) is 7.36. The average molecular weight is 438 g/mol. The zero-order valence-electron chi connectivity index (χ0n) is 18.0. The minimum Gasteiger partial charge on any atom is -0.497 e. The highest BCUT2D eigenvalue weighted by Gasteiger charge is 2.47. The summed E-state index contributed by atoms with van der Waals surface area (Å²) in [6.45, 7) is 1.33. The topological polar surface area (TPSA) is 117 Å². The van der Waals surface area contributed by atoms with Crippen LogP contribution in [0.1, 0.15) is 24.5 Å². The van der Waals surface area contributed by atoms with Crippen molar-refractivity contribution in [2.75, 3.05) is 13.7 Å². The summed E-state index contributed by atoms with van der Waals surface area (Å²) >= 11 is 0. The number of carbonyl (C=O) groups excluding carboxylic acids is 4. The van der Waals surface area contributed by atoms with Crippen LogP contribution < -0.4 is 20.7 Å². The second-order valence-electron chi connectivity index (χ2n) is 7.72. The van der Waals surface area contributed by atoms with Crippen molar-refractivity contribution in [3.8, 4) is 5.75 Å². The zero-order chi connectivity index (χ0) is 23.1. The maximum absolute atomic E-state index is 12.8.